The van der Waals surface area contributed by atoms with Crippen LogP contribution in [0.3, 0.4) is 0 Å². The summed E-state index contributed by atoms with van der Waals surface area (Å²) >= 11 is 9.65. The number of piperazine rings is 1. The zero-order chi connectivity index (χ0) is 14.7. The van der Waals surface area contributed by atoms with E-state index in [1.165, 1.54) is 5.56 Å². The second-order valence-corrected chi connectivity index (χ2v) is 6.66. The number of nitrogens with zero attached hydrogens (tertiary/aromatic N) is 2. The van der Waals surface area contributed by atoms with Crippen LogP contribution in [0.5, 0.6) is 0 Å². The monoisotopic (exact) mass is 359 g/mol. The smallest absolute Gasteiger partial charge is 0.0551 e. The van der Waals surface area contributed by atoms with E-state index in [9.17, 15) is 0 Å². The summed E-state index contributed by atoms with van der Waals surface area (Å²) in [5.74, 6) is 0. The van der Waals surface area contributed by atoms with Crippen molar-refractivity contribution < 1.29 is 0 Å². The Morgan fingerprint density at radius 1 is 1.45 bits per heavy atom. The average Bonchev–Trinajstić information content (AvgIpc) is 2.44. The van der Waals surface area contributed by atoms with Crippen molar-refractivity contribution >= 4 is 27.5 Å². The van der Waals surface area contributed by atoms with Crippen molar-refractivity contribution in [1.29, 1.82) is 0 Å². The van der Waals surface area contributed by atoms with E-state index in [0.29, 0.717) is 12.6 Å². The maximum absolute atomic E-state index is 6.21. The Hall–Kier alpha value is -0.130. The molecule has 1 heterocycles. The lowest BCUT2D eigenvalue weighted by Crippen LogP contribution is -2.53. The number of halogens is 2. The number of benzene rings is 1. The largest absolute Gasteiger partial charge is 0.329 e. The molecule has 1 aromatic rings. The minimum absolute atomic E-state index is 0.252. The molecule has 1 saturated heterocycles. The number of rotatable bonds is 4. The molecule has 1 aliphatic rings. The first kappa shape index (κ1) is 16.2. The van der Waals surface area contributed by atoms with Gasteiger partial charge in [0.25, 0.3) is 0 Å². The highest BCUT2D eigenvalue weighted by Gasteiger charge is 2.27. The molecule has 1 fully saturated rings. The first-order valence-electron chi connectivity index (χ1n) is 7.20. The van der Waals surface area contributed by atoms with Gasteiger partial charge in [-0.1, -0.05) is 24.6 Å². The first-order chi connectivity index (χ1) is 9.56. The van der Waals surface area contributed by atoms with Crippen LogP contribution in [0, 0.1) is 0 Å². The van der Waals surface area contributed by atoms with Crippen LogP contribution in [0.1, 0.15) is 25.5 Å². The van der Waals surface area contributed by atoms with Crippen LogP contribution < -0.4 is 5.73 Å². The summed E-state index contributed by atoms with van der Waals surface area (Å²) in [6.07, 6.45) is 0. The zero-order valence-electron chi connectivity index (χ0n) is 12.1. The minimum atomic E-state index is 0.252. The van der Waals surface area contributed by atoms with Gasteiger partial charge < -0.3 is 5.73 Å². The summed E-state index contributed by atoms with van der Waals surface area (Å²) in [7, 11) is 0. The molecule has 0 saturated carbocycles. The maximum Gasteiger partial charge on any atom is 0.0551 e. The topological polar surface area (TPSA) is 32.5 Å². The lowest BCUT2D eigenvalue weighted by molar-refractivity contribution is 0.0606. The molecule has 0 aromatic heterocycles. The molecule has 112 valence electrons. The Morgan fingerprint density at radius 3 is 2.75 bits per heavy atom. The fraction of sp³-hybridized carbons (Fsp3) is 0.600. The summed E-state index contributed by atoms with van der Waals surface area (Å²) in [5.41, 5.74) is 7.23. The summed E-state index contributed by atoms with van der Waals surface area (Å²) < 4.78 is 0.933. The van der Waals surface area contributed by atoms with Crippen molar-refractivity contribution in [2.24, 2.45) is 5.73 Å². The Kier molecular flexibility index (Phi) is 5.87. The van der Waals surface area contributed by atoms with Gasteiger partial charge >= 0.3 is 0 Å². The molecule has 0 radical (unpaired) electrons. The predicted molar refractivity (Wildman–Crippen MR) is 89.2 cm³/mol. The maximum atomic E-state index is 6.21. The van der Waals surface area contributed by atoms with E-state index in [1.54, 1.807) is 0 Å². The Bertz CT molecular complexity index is 455. The standard InChI is InChI=1S/C15H23BrClN3/c1-3-19-6-7-20(10-11(19)2)15(9-18)12-4-5-13(16)14(17)8-12/h4-5,8,11,15H,3,6-7,9-10,18H2,1-2H3. The molecule has 0 amide bonds. The number of hydrogen-bond acceptors (Lipinski definition) is 3. The van der Waals surface area contributed by atoms with Gasteiger partial charge in [0.05, 0.1) is 5.02 Å². The second-order valence-electron chi connectivity index (χ2n) is 5.40. The van der Waals surface area contributed by atoms with Crippen molar-refractivity contribution in [1.82, 2.24) is 9.80 Å². The molecule has 1 aromatic carbocycles. The van der Waals surface area contributed by atoms with Crippen LogP contribution in [0.2, 0.25) is 5.02 Å². The highest BCUT2D eigenvalue weighted by molar-refractivity contribution is 9.10. The zero-order valence-corrected chi connectivity index (χ0v) is 14.5. The lowest BCUT2D eigenvalue weighted by atomic mass is 10.0. The molecule has 3 nitrogen and oxygen atoms in total. The highest BCUT2D eigenvalue weighted by Crippen LogP contribution is 2.29. The fourth-order valence-electron chi connectivity index (χ4n) is 2.99. The van der Waals surface area contributed by atoms with E-state index < -0.39 is 0 Å². The van der Waals surface area contributed by atoms with Crippen LogP contribution in [0.15, 0.2) is 22.7 Å². The van der Waals surface area contributed by atoms with Gasteiger partial charge in [-0.25, -0.2) is 0 Å². The van der Waals surface area contributed by atoms with Crippen molar-refractivity contribution in [2.75, 3.05) is 32.7 Å². The summed E-state index contributed by atoms with van der Waals surface area (Å²) in [6.45, 7) is 9.48. The number of likely N-dealkylation sites (N-methyl/N-ethyl adjacent to an activating group) is 1. The molecule has 5 heteroatoms. The van der Waals surface area contributed by atoms with E-state index in [2.05, 4.69) is 45.6 Å². The molecule has 2 unspecified atom stereocenters. The molecule has 1 aliphatic heterocycles. The van der Waals surface area contributed by atoms with Crippen molar-refractivity contribution in [3.63, 3.8) is 0 Å². The first-order valence-corrected chi connectivity index (χ1v) is 8.37. The Labute approximate surface area is 135 Å². The van der Waals surface area contributed by atoms with E-state index in [-0.39, 0.29) is 6.04 Å². The van der Waals surface area contributed by atoms with Gasteiger partial charge in [0.1, 0.15) is 0 Å². The fourth-order valence-corrected chi connectivity index (χ4v) is 3.43. The number of nitrogens with two attached hydrogens (primary N) is 1. The van der Waals surface area contributed by atoms with E-state index in [1.807, 2.05) is 12.1 Å². The van der Waals surface area contributed by atoms with Gasteiger partial charge in [-0.15, -0.1) is 0 Å². The summed E-state index contributed by atoms with van der Waals surface area (Å²) in [5, 5.41) is 0.751. The van der Waals surface area contributed by atoms with Gasteiger partial charge in [-0.3, -0.25) is 9.80 Å². The van der Waals surface area contributed by atoms with Crippen LogP contribution in [0.4, 0.5) is 0 Å². The SMILES string of the molecule is CCN1CCN(C(CN)c2ccc(Br)c(Cl)c2)CC1C. The average molecular weight is 361 g/mol. The number of hydrogen-bond donors (Lipinski definition) is 1. The van der Waals surface area contributed by atoms with E-state index in [0.717, 1.165) is 35.7 Å². The van der Waals surface area contributed by atoms with E-state index >= 15 is 0 Å². The Morgan fingerprint density at radius 2 is 2.20 bits per heavy atom. The molecular formula is C15H23BrClN3. The molecular weight excluding hydrogens is 338 g/mol. The summed E-state index contributed by atoms with van der Waals surface area (Å²) in [6, 6.07) is 6.98. The molecule has 0 bridgehead atoms. The van der Waals surface area contributed by atoms with Crippen molar-refractivity contribution in [3.05, 3.63) is 33.3 Å². The normalized spacial score (nSPS) is 22.9. The van der Waals surface area contributed by atoms with Gasteiger partial charge in [-0.2, -0.15) is 0 Å². The third-order valence-electron chi connectivity index (χ3n) is 4.20. The van der Waals surface area contributed by atoms with Gasteiger partial charge in [0.15, 0.2) is 0 Å². The van der Waals surface area contributed by atoms with Crippen LogP contribution in [0.25, 0.3) is 0 Å². The molecule has 2 N–H and O–H groups in total. The van der Waals surface area contributed by atoms with Crippen molar-refractivity contribution in [2.45, 2.75) is 25.9 Å². The highest BCUT2D eigenvalue weighted by atomic mass is 79.9. The second kappa shape index (κ2) is 7.23. The third kappa shape index (κ3) is 3.55. The summed E-state index contributed by atoms with van der Waals surface area (Å²) in [4.78, 5) is 5.00. The van der Waals surface area contributed by atoms with Gasteiger partial charge in [0, 0.05) is 42.7 Å². The Balaban J connectivity index is 2.14. The van der Waals surface area contributed by atoms with Crippen LogP contribution in [-0.4, -0.2) is 48.6 Å². The molecule has 20 heavy (non-hydrogen) atoms. The lowest BCUT2D eigenvalue weighted by Gasteiger charge is -2.42. The quantitative estimate of drug-likeness (QED) is 0.895. The predicted octanol–water partition coefficient (Wildman–Crippen LogP) is 3.13. The third-order valence-corrected chi connectivity index (χ3v) is 5.43. The molecule has 2 rings (SSSR count). The minimum Gasteiger partial charge on any atom is -0.329 e. The molecule has 0 aliphatic carbocycles. The van der Waals surface area contributed by atoms with Gasteiger partial charge in [0.2, 0.25) is 0 Å². The van der Waals surface area contributed by atoms with Gasteiger partial charge in [-0.05, 0) is 47.1 Å². The van der Waals surface area contributed by atoms with Crippen molar-refractivity contribution in [3.8, 4) is 0 Å². The molecule has 2 atom stereocenters. The molecule has 0 spiro atoms. The van der Waals surface area contributed by atoms with E-state index in [4.69, 9.17) is 17.3 Å². The van der Waals surface area contributed by atoms with Crippen LogP contribution >= 0.6 is 27.5 Å². The van der Waals surface area contributed by atoms with Crippen LogP contribution in [-0.2, 0) is 0 Å².